The van der Waals surface area contributed by atoms with Crippen LogP contribution in [-0.4, -0.2) is 33.9 Å². The van der Waals surface area contributed by atoms with Gasteiger partial charge in [0.1, 0.15) is 0 Å². The third-order valence-corrected chi connectivity index (χ3v) is 5.56. The molecular formula is C19H30N4OS2. The highest BCUT2D eigenvalue weighted by Gasteiger charge is 2.24. The summed E-state index contributed by atoms with van der Waals surface area (Å²) < 4.78 is 0. The molecule has 1 fully saturated rings. The zero-order valence-electron chi connectivity index (χ0n) is 15.0. The number of nitrogens with zero attached hydrogens (tertiary/aromatic N) is 3. The van der Waals surface area contributed by atoms with Crippen molar-refractivity contribution in [1.82, 2.24) is 14.9 Å². The van der Waals surface area contributed by atoms with Gasteiger partial charge >= 0.3 is 0 Å². The third kappa shape index (κ3) is 5.79. The fourth-order valence-electron chi connectivity index (χ4n) is 3.26. The normalized spacial score (nSPS) is 16.7. The smallest absolute Gasteiger partial charge is 0.223 e. The molecule has 0 radical (unpaired) electrons. The molecule has 0 bridgehead atoms. The number of hydrogen-bond acceptors (Lipinski definition) is 5. The first-order valence-corrected chi connectivity index (χ1v) is 9.18. The van der Waals surface area contributed by atoms with Crippen molar-refractivity contribution in [3.05, 3.63) is 40.2 Å². The standard InChI is InChI=1S/C18H24N4OS.CH4.H2S/c1-12-13(2)19-6-4-16(12)8-15-5-7-22(10-15)11-17-9-20-18(24-17)21-14(3)23;;/h4,6,9,15H,5,7-8,10-11H2,1-3H3,(H,20,21,23);1H4;1H2. The van der Waals surface area contributed by atoms with Crippen LogP contribution in [0.4, 0.5) is 5.13 Å². The van der Waals surface area contributed by atoms with Crippen LogP contribution in [0.25, 0.3) is 0 Å². The molecule has 2 aromatic heterocycles. The minimum atomic E-state index is -0.0693. The van der Waals surface area contributed by atoms with Gasteiger partial charge in [-0.15, -0.1) is 11.3 Å². The number of pyridine rings is 1. The number of likely N-dealkylation sites (tertiary alicyclic amines) is 1. The Morgan fingerprint density at radius 1 is 1.38 bits per heavy atom. The number of carbonyl (C=O) groups is 1. The molecule has 1 aliphatic rings. The van der Waals surface area contributed by atoms with Crippen LogP contribution in [-0.2, 0) is 17.8 Å². The van der Waals surface area contributed by atoms with Crippen LogP contribution in [0.1, 0.15) is 42.5 Å². The molecule has 3 heterocycles. The van der Waals surface area contributed by atoms with E-state index in [0.29, 0.717) is 11.0 Å². The highest BCUT2D eigenvalue weighted by atomic mass is 32.1. The summed E-state index contributed by atoms with van der Waals surface area (Å²) in [6.45, 7) is 8.92. The number of amides is 1. The highest BCUT2D eigenvalue weighted by Crippen LogP contribution is 2.26. The number of carbonyl (C=O) groups excluding carboxylic acids is 1. The lowest BCUT2D eigenvalue weighted by atomic mass is 9.95. The summed E-state index contributed by atoms with van der Waals surface area (Å²) in [5.74, 6) is 0.633. The van der Waals surface area contributed by atoms with E-state index in [4.69, 9.17) is 0 Å². The van der Waals surface area contributed by atoms with Crippen molar-refractivity contribution in [2.45, 2.75) is 47.6 Å². The molecule has 1 saturated heterocycles. The van der Waals surface area contributed by atoms with Gasteiger partial charge in [0, 0.05) is 43.0 Å². The van der Waals surface area contributed by atoms with E-state index in [1.165, 1.54) is 29.3 Å². The van der Waals surface area contributed by atoms with E-state index in [1.54, 1.807) is 11.3 Å². The van der Waals surface area contributed by atoms with Gasteiger partial charge in [0.15, 0.2) is 5.13 Å². The largest absolute Gasteiger partial charge is 0.302 e. The van der Waals surface area contributed by atoms with E-state index in [0.717, 1.165) is 31.7 Å². The molecule has 0 spiro atoms. The van der Waals surface area contributed by atoms with E-state index in [1.807, 2.05) is 12.4 Å². The number of rotatable bonds is 5. The Balaban J connectivity index is 0.00000169. The number of anilines is 1. The number of nitrogens with one attached hydrogen (secondary N) is 1. The molecule has 144 valence electrons. The van der Waals surface area contributed by atoms with Gasteiger partial charge in [0.25, 0.3) is 0 Å². The van der Waals surface area contributed by atoms with Crippen LogP contribution >= 0.6 is 24.8 Å². The number of hydrogen-bond donors (Lipinski definition) is 1. The lowest BCUT2D eigenvalue weighted by Crippen LogP contribution is -2.20. The molecule has 7 heteroatoms. The molecule has 1 N–H and O–H groups in total. The Bertz CT molecular complexity index is 732. The Hall–Kier alpha value is -1.44. The average Bonchev–Trinajstić information content (AvgIpc) is 3.14. The topological polar surface area (TPSA) is 58.1 Å². The van der Waals surface area contributed by atoms with Gasteiger partial charge in [-0.1, -0.05) is 7.43 Å². The summed E-state index contributed by atoms with van der Waals surface area (Å²) in [6, 6.07) is 2.16. The molecular weight excluding hydrogens is 364 g/mol. The third-order valence-electron chi connectivity index (χ3n) is 4.66. The summed E-state index contributed by atoms with van der Waals surface area (Å²) >= 11 is 1.56. The second-order valence-corrected chi connectivity index (χ2v) is 7.70. The summed E-state index contributed by atoms with van der Waals surface area (Å²) in [5.41, 5.74) is 3.90. The van der Waals surface area contributed by atoms with Crippen molar-refractivity contribution >= 4 is 35.9 Å². The number of aromatic nitrogens is 2. The first-order chi connectivity index (χ1) is 11.5. The Morgan fingerprint density at radius 2 is 2.15 bits per heavy atom. The van der Waals surface area contributed by atoms with Crippen LogP contribution < -0.4 is 5.32 Å². The highest BCUT2D eigenvalue weighted by molar-refractivity contribution is 7.59. The second kappa shape index (κ2) is 10.0. The molecule has 26 heavy (non-hydrogen) atoms. The van der Waals surface area contributed by atoms with Crippen molar-refractivity contribution in [2.75, 3.05) is 18.4 Å². The summed E-state index contributed by atoms with van der Waals surface area (Å²) in [7, 11) is 0. The van der Waals surface area contributed by atoms with E-state index < -0.39 is 0 Å². The predicted molar refractivity (Wildman–Crippen MR) is 114 cm³/mol. The SMILES string of the molecule is C.CC(=O)Nc1ncc(CN2CCC(Cc3ccnc(C)c3C)C2)s1.S. The van der Waals surface area contributed by atoms with Gasteiger partial charge in [-0.05, 0) is 56.3 Å². The van der Waals surface area contributed by atoms with E-state index in [9.17, 15) is 4.79 Å². The molecule has 0 aliphatic carbocycles. The van der Waals surface area contributed by atoms with E-state index in [-0.39, 0.29) is 26.8 Å². The Kier molecular flexibility index (Phi) is 8.73. The number of aryl methyl sites for hydroxylation is 1. The molecule has 0 saturated carbocycles. The van der Waals surface area contributed by atoms with Gasteiger partial charge in [0.05, 0.1) is 0 Å². The summed E-state index contributed by atoms with van der Waals surface area (Å²) in [5, 5.41) is 3.44. The molecule has 1 atom stereocenters. The van der Waals surface area contributed by atoms with Gasteiger partial charge in [-0.2, -0.15) is 13.5 Å². The van der Waals surface area contributed by atoms with Crippen molar-refractivity contribution < 1.29 is 4.79 Å². The van der Waals surface area contributed by atoms with Crippen molar-refractivity contribution in [3.63, 3.8) is 0 Å². The monoisotopic (exact) mass is 394 g/mol. The first-order valence-electron chi connectivity index (χ1n) is 8.37. The van der Waals surface area contributed by atoms with Crippen molar-refractivity contribution in [2.24, 2.45) is 5.92 Å². The fourth-order valence-corrected chi connectivity index (χ4v) is 4.16. The quantitative estimate of drug-likeness (QED) is 0.835. The minimum Gasteiger partial charge on any atom is -0.302 e. The summed E-state index contributed by atoms with van der Waals surface area (Å²) in [6.07, 6.45) is 6.16. The fraction of sp³-hybridized carbons (Fsp3) is 0.526. The van der Waals surface area contributed by atoms with Gasteiger partial charge in [0.2, 0.25) is 5.91 Å². The van der Waals surface area contributed by atoms with E-state index in [2.05, 4.69) is 40.1 Å². The van der Waals surface area contributed by atoms with Crippen LogP contribution in [0.15, 0.2) is 18.5 Å². The van der Waals surface area contributed by atoms with Gasteiger partial charge < -0.3 is 5.32 Å². The van der Waals surface area contributed by atoms with Crippen LogP contribution in [0.2, 0.25) is 0 Å². The maximum atomic E-state index is 11.1. The molecule has 0 aromatic carbocycles. The summed E-state index contributed by atoms with van der Waals surface area (Å²) in [4.78, 5) is 23.4. The Morgan fingerprint density at radius 3 is 2.88 bits per heavy atom. The van der Waals surface area contributed by atoms with Gasteiger partial charge in [-0.3, -0.25) is 14.7 Å². The first kappa shape index (κ1) is 22.6. The zero-order valence-corrected chi connectivity index (χ0v) is 16.8. The molecule has 5 nitrogen and oxygen atoms in total. The van der Waals surface area contributed by atoms with Crippen molar-refractivity contribution in [3.8, 4) is 0 Å². The van der Waals surface area contributed by atoms with Crippen LogP contribution in [0.3, 0.4) is 0 Å². The average molecular weight is 395 g/mol. The number of thiazole rings is 1. The minimum absolute atomic E-state index is 0. The molecule has 2 aromatic rings. The van der Waals surface area contributed by atoms with Crippen LogP contribution in [0, 0.1) is 19.8 Å². The molecule has 1 unspecified atom stereocenters. The lowest BCUT2D eigenvalue weighted by molar-refractivity contribution is -0.114. The lowest BCUT2D eigenvalue weighted by Gasteiger charge is -2.16. The molecule has 1 amide bonds. The zero-order chi connectivity index (χ0) is 17.1. The van der Waals surface area contributed by atoms with E-state index >= 15 is 0 Å². The van der Waals surface area contributed by atoms with Gasteiger partial charge in [-0.25, -0.2) is 4.98 Å². The van der Waals surface area contributed by atoms with Crippen LogP contribution in [0.5, 0.6) is 0 Å². The molecule has 1 aliphatic heterocycles. The Labute approximate surface area is 167 Å². The predicted octanol–water partition coefficient (Wildman–Crippen LogP) is 3.93. The molecule has 3 rings (SSSR count). The maximum absolute atomic E-state index is 11.1. The van der Waals surface area contributed by atoms with Crippen molar-refractivity contribution in [1.29, 1.82) is 0 Å². The second-order valence-electron chi connectivity index (χ2n) is 6.59. The maximum Gasteiger partial charge on any atom is 0.223 e.